The second-order valence-corrected chi connectivity index (χ2v) is 5.06. The molecular weight excluding hydrogens is 304 g/mol. The number of nitrogens with one attached hydrogen (secondary N) is 1. The van der Waals surface area contributed by atoms with Gasteiger partial charge in [-0.2, -0.15) is 0 Å². The highest BCUT2D eigenvalue weighted by molar-refractivity contribution is 9.10. The van der Waals surface area contributed by atoms with E-state index in [2.05, 4.69) is 62.4 Å². The third kappa shape index (κ3) is 2.46. The van der Waals surface area contributed by atoms with Crippen LogP contribution < -0.4 is 5.32 Å². The minimum absolute atomic E-state index is 0.739. The first-order chi connectivity index (χ1) is 9.26. The Kier molecular flexibility index (Phi) is 3.21. The summed E-state index contributed by atoms with van der Waals surface area (Å²) < 4.78 is 2.70. The minimum atomic E-state index is 0.739. The van der Waals surface area contributed by atoms with Crippen molar-refractivity contribution < 1.29 is 0 Å². The largest absolute Gasteiger partial charge is 0.337 e. The molecule has 0 aliphatic carbocycles. The van der Waals surface area contributed by atoms with Gasteiger partial charge in [0.25, 0.3) is 0 Å². The fourth-order valence-electron chi connectivity index (χ4n) is 1.95. The van der Waals surface area contributed by atoms with E-state index in [1.165, 1.54) is 5.56 Å². The van der Waals surface area contributed by atoms with Crippen molar-refractivity contribution in [1.82, 2.24) is 14.4 Å². The van der Waals surface area contributed by atoms with Crippen LogP contribution in [0.15, 0.2) is 47.5 Å². The first-order valence-electron chi connectivity index (χ1n) is 6.11. The van der Waals surface area contributed by atoms with E-state index in [0.29, 0.717) is 0 Å². The van der Waals surface area contributed by atoms with Crippen LogP contribution in [0.4, 0.5) is 11.5 Å². The van der Waals surface area contributed by atoms with Gasteiger partial charge in [0.1, 0.15) is 4.60 Å². The number of aryl methyl sites for hydroxylation is 1. The number of benzene rings is 1. The highest BCUT2D eigenvalue weighted by Crippen LogP contribution is 2.21. The van der Waals surface area contributed by atoms with Gasteiger partial charge in [0, 0.05) is 24.3 Å². The Hall–Kier alpha value is -1.88. The lowest BCUT2D eigenvalue weighted by Gasteiger charge is -2.08. The Bertz CT molecular complexity index is 703. The molecule has 0 fully saturated rings. The molecule has 3 rings (SSSR count). The molecule has 96 valence electrons. The number of halogens is 1. The lowest BCUT2D eigenvalue weighted by atomic mass is 10.1. The molecule has 4 nitrogen and oxygen atoms in total. The minimum Gasteiger partial charge on any atom is -0.337 e. The second-order valence-electron chi connectivity index (χ2n) is 4.25. The fourth-order valence-corrected chi connectivity index (χ4v) is 2.34. The zero-order valence-corrected chi connectivity index (χ0v) is 12.1. The smallest absolute Gasteiger partial charge is 0.180 e. The number of imidazole rings is 1. The Balaban J connectivity index is 1.97. The molecule has 0 radical (unpaired) electrons. The maximum Gasteiger partial charge on any atom is 0.180 e. The van der Waals surface area contributed by atoms with Gasteiger partial charge < -0.3 is 9.72 Å². The summed E-state index contributed by atoms with van der Waals surface area (Å²) >= 11 is 3.40. The second kappa shape index (κ2) is 5.01. The molecule has 0 atom stereocenters. The fraction of sp³-hybridized carbons (Fsp3) is 0.143. The van der Waals surface area contributed by atoms with Crippen LogP contribution >= 0.6 is 15.9 Å². The summed E-state index contributed by atoms with van der Waals surface area (Å²) in [6.07, 6.45) is 6.58. The number of nitrogens with zero attached hydrogens (tertiary/aromatic N) is 3. The molecule has 0 spiro atoms. The molecule has 1 aromatic carbocycles. The third-order valence-electron chi connectivity index (χ3n) is 2.97. The van der Waals surface area contributed by atoms with E-state index in [1.54, 1.807) is 6.20 Å². The number of aromatic nitrogens is 3. The van der Waals surface area contributed by atoms with Crippen molar-refractivity contribution in [2.24, 2.45) is 0 Å². The average Bonchev–Trinajstić information content (AvgIpc) is 2.88. The lowest BCUT2D eigenvalue weighted by molar-refractivity contribution is 1.10. The van der Waals surface area contributed by atoms with Crippen molar-refractivity contribution in [3.63, 3.8) is 0 Å². The Morgan fingerprint density at radius 1 is 1.26 bits per heavy atom. The molecule has 2 aromatic heterocycles. The molecule has 19 heavy (non-hydrogen) atoms. The van der Waals surface area contributed by atoms with Crippen molar-refractivity contribution in [2.75, 3.05) is 5.32 Å². The quantitative estimate of drug-likeness (QED) is 0.799. The van der Waals surface area contributed by atoms with E-state index in [0.717, 1.165) is 28.2 Å². The van der Waals surface area contributed by atoms with Crippen molar-refractivity contribution >= 4 is 33.1 Å². The number of rotatable bonds is 3. The van der Waals surface area contributed by atoms with E-state index in [-0.39, 0.29) is 0 Å². The number of hydrogen-bond donors (Lipinski definition) is 1. The SMILES string of the molecule is CCc1ccc(Nc2nc(Br)cn3ccnc23)cc1. The van der Waals surface area contributed by atoms with Crippen LogP contribution in [-0.4, -0.2) is 14.4 Å². The van der Waals surface area contributed by atoms with E-state index in [9.17, 15) is 0 Å². The standard InChI is InChI=1S/C14H13BrN4/c1-2-10-3-5-11(6-4-10)17-13-14-16-7-8-19(14)9-12(15)18-13/h3-9H,2H2,1H3,(H,17,18). The topological polar surface area (TPSA) is 42.2 Å². The molecule has 0 saturated heterocycles. The van der Waals surface area contributed by atoms with E-state index >= 15 is 0 Å². The van der Waals surface area contributed by atoms with Gasteiger partial charge in [-0.15, -0.1) is 0 Å². The monoisotopic (exact) mass is 316 g/mol. The van der Waals surface area contributed by atoms with Crippen LogP contribution in [0.1, 0.15) is 12.5 Å². The zero-order chi connectivity index (χ0) is 13.2. The average molecular weight is 317 g/mol. The van der Waals surface area contributed by atoms with Gasteiger partial charge in [-0.1, -0.05) is 19.1 Å². The Morgan fingerprint density at radius 2 is 2.05 bits per heavy atom. The van der Waals surface area contributed by atoms with Gasteiger partial charge in [0.15, 0.2) is 11.5 Å². The summed E-state index contributed by atoms with van der Waals surface area (Å²) in [5.41, 5.74) is 3.13. The summed E-state index contributed by atoms with van der Waals surface area (Å²) in [6.45, 7) is 2.15. The first-order valence-corrected chi connectivity index (χ1v) is 6.91. The molecule has 5 heteroatoms. The molecule has 0 bridgehead atoms. The molecule has 2 heterocycles. The summed E-state index contributed by atoms with van der Waals surface area (Å²) in [5.74, 6) is 0.739. The highest BCUT2D eigenvalue weighted by Gasteiger charge is 2.06. The predicted molar refractivity (Wildman–Crippen MR) is 79.8 cm³/mol. The molecular formula is C14H13BrN4. The van der Waals surface area contributed by atoms with Crippen molar-refractivity contribution in [3.8, 4) is 0 Å². The summed E-state index contributed by atoms with van der Waals surface area (Å²) in [5, 5.41) is 3.30. The number of fused-ring (bicyclic) bond motifs is 1. The first kappa shape index (κ1) is 12.2. The molecule has 0 unspecified atom stereocenters. The third-order valence-corrected chi connectivity index (χ3v) is 3.35. The highest BCUT2D eigenvalue weighted by atomic mass is 79.9. The van der Waals surface area contributed by atoms with Crippen LogP contribution in [0.2, 0.25) is 0 Å². The maximum absolute atomic E-state index is 4.43. The summed E-state index contributed by atoms with van der Waals surface area (Å²) in [6, 6.07) is 8.34. The van der Waals surface area contributed by atoms with E-state index < -0.39 is 0 Å². The van der Waals surface area contributed by atoms with Gasteiger partial charge >= 0.3 is 0 Å². The van der Waals surface area contributed by atoms with Crippen molar-refractivity contribution in [2.45, 2.75) is 13.3 Å². The predicted octanol–water partition coefficient (Wildman–Crippen LogP) is 3.80. The van der Waals surface area contributed by atoms with E-state index in [4.69, 9.17) is 0 Å². The van der Waals surface area contributed by atoms with Crippen LogP contribution in [-0.2, 0) is 6.42 Å². The van der Waals surface area contributed by atoms with Gasteiger partial charge in [-0.25, -0.2) is 9.97 Å². The number of anilines is 2. The van der Waals surface area contributed by atoms with E-state index in [1.807, 2.05) is 16.8 Å². The van der Waals surface area contributed by atoms with Crippen molar-refractivity contribution in [3.05, 3.63) is 53.0 Å². The Labute approximate surface area is 119 Å². The van der Waals surface area contributed by atoms with Crippen LogP contribution in [0.25, 0.3) is 5.65 Å². The molecule has 0 amide bonds. The van der Waals surface area contributed by atoms with Crippen LogP contribution in [0.5, 0.6) is 0 Å². The van der Waals surface area contributed by atoms with Gasteiger partial charge in [-0.05, 0) is 40.0 Å². The zero-order valence-electron chi connectivity index (χ0n) is 10.5. The van der Waals surface area contributed by atoms with Crippen molar-refractivity contribution in [1.29, 1.82) is 0 Å². The van der Waals surface area contributed by atoms with Gasteiger partial charge in [0.05, 0.1) is 0 Å². The number of hydrogen-bond acceptors (Lipinski definition) is 3. The molecule has 0 saturated carbocycles. The summed E-state index contributed by atoms with van der Waals surface area (Å²) in [7, 11) is 0. The Morgan fingerprint density at radius 3 is 2.79 bits per heavy atom. The molecule has 1 N–H and O–H groups in total. The lowest BCUT2D eigenvalue weighted by Crippen LogP contribution is -1.98. The molecule has 0 aliphatic rings. The van der Waals surface area contributed by atoms with Crippen LogP contribution in [0, 0.1) is 0 Å². The van der Waals surface area contributed by atoms with Gasteiger partial charge in [-0.3, -0.25) is 0 Å². The summed E-state index contributed by atoms with van der Waals surface area (Å²) in [4.78, 5) is 8.74. The van der Waals surface area contributed by atoms with Gasteiger partial charge in [0.2, 0.25) is 0 Å². The normalized spacial score (nSPS) is 10.8. The molecule has 3 aromatic rings. The molecule has 0 aliphatic heterocycles. The van der Waals surface area contributed by atoms with Crippen LogP contribution in [0.3, 0.4) is 0 Å². The maximum atomic E-state index is 4.43.